The molecular weight excluding hydrogens is 308 g/mol. The van der Waals surface area contributed by atoms with E-state index in [0.717, 1.165) is 12.1 Å². The highest BCUT2D eigenvalue weighted by Crippen LogP contribution is 2.11. The van der Waals surface area contributed by atoms with Crippen LogP contribution in [0, 0.1) is 6.92 Å². The molecule has 24 heavy (non-hydrogen) atoms. The molecule has 7 heteroatoms. The van der Waals surface area contributed by atoms with Crippen molar-refractivity contribution in [1.82, 2.24) is 9.97 Å². The number of ether oxygens (including phenoxy) is 1. The van der Waals surface area contributed by atoms with Crippen LogP contribution in [0.3, 0.4) is 0 Å². The molecule has 0 spiro atoms. The van der Waals surface area contributed by atoms with Gasteiger partial charge in [0, 0.05) is 23.5 Å². The van der Waals surface area contributed by atoms with Crippen molar-refractivity contribution in [1.29, 1.82) is 0 Å². The highest BCUT2D eigenvalue weighted by molar-refractivity contribution is 5.89. The molecule has 0 amide bonds. The monoisotopic (exact) mass is 330 g/mol. The van der Waals surface area contributed by atoms with E-state index in [4.69, 9.17) is 10.5 Å². The van der Waals surface area contributed by atoms with Gasteiger partial charge in [0.05, 0.1) is 12.2 Å². The predicted octanol–water partition coefficient (Wildman–Crippen LogP) is 1.88. The Kier molecular flexibility index (Phi) is 5.95. The molecule has 0 bridgehead atoms. The molecule has 7 nitrogen and oxygen atoms in total. The largest absolute Gasteiger partial charge is 0.462 e. The lowest BCUT2D eigenvalue weighted by molar-refractivity contribution is 0.0526. The van der Waals surface area contributed by atoms with Gasteiger partial charge in [-0.1, -0.05) is 0 Å². The van der Waals surface area contributed by atoms with Crippen molar-refractivity contribution in [3.8, 4) is 0 Å². The number of H-pyrrole nitrogens is 1. The van der Waals surface area contributed by atoms with Gasteiger partial charge in [0.1, 0.15) is 0 Å². The van der Waals surface area contributed by atoms with Crippen molar-refractivity contribution in [3.63, 3.8) is 0 Å². The van der Waals surface area contributed by atoms with E-state index in [1.165, 1.54) is 0 Å². The second-order valence-corrected chi connectivity index (χ2v) is 5.34. The zero-order valence-electron chi connectivity index (χ0n) is 13.9. The van der Waals surface area contributed by atoms with Gasteiger partial charge in [0.25, 0.3) is 5.56 Å². The highest BCUT2D eigenvalue weighted by atomic mass is 16.5. The van der Waals surface area contributed by atoms with Crippen LogP contribution in [0.5, 0.6) is 0 Å². The third kappa shape index (κ3) is 4.58. The number of benzene rings is 1. The molecule has 0 radical (unpaired) electrons. The number of anilines is 2. The first-order valence-corrected chi connectivity index (χ1v) is 7.87. The van der Waals surface area contributed by atoms with Crippen molar-refractivity contribution in [2.75, 3.05) is 24.2 Å². The molecule has 1 aromatic heterocycles. The SMILES string of the molecule is CCOC(=O)c1ccc(NCCCc2c(C)nc(N)[nH]c2=O)cc1. The fourth-order valence-electron chi connectivity index (χ4n) is 2.36. The van der Waals surface area contributed by atoms with Gasteiger partial charge in [-0.3, -0.25) is 9.78 Å². The maximum Gasteiger partial charge on any atom is 0.338 e. The van der Waals surface area contributed by atoms with Crippen LogP contribution in [-0.4, -0.2) is 29.1 Å². The third-order valence-corrected chi connectivity index (χ3v) is 3.57. The summed E-state index contributed by atoms with van der Waals surface area (Å²) in [6.45, 7) is 4.61. The fourth-order valence-corrected chi connectivity index (χ4v) is 2.36. The Morgan fingerprint density at radius 2 is 2.04 bits per heavy atom. The van der Waals surface area contributed by atoms with Crippen LogP contribution in [0.15, 0.2) is 29.1 Å². The first kappa shape index (κ1) is 17.5. The van der Waals surface area contributed by atoms with Crippen LogP contribution >= 0.6 is 0 Å². The van der Waals surface area contributed by atoms with Gasteiger partial charge in [-0.2, -0.15) is 0 Å². The lowest BCUT2D eigenvalue weighted by atomic mass is 10.1. The molecule has 0 aliphatic rings. The average molecular weight is 330 g/mol. The Labute approximate surface area is 140 Å². The number of rotatable bonds is 7. The lowest BCUT2D eigenvalue weighted by Gasteiger charge is -2.08. The Morgan fingerprint density at radius 1 is 1.33 bits per heavy atom. The van der Waals surface area contributed by atoms with Gasteiger partial charge in [0.15, 0.2) is 0 Å². The second kappa shape index (κ2) is 8.14. The number of hydrogen-bond donors (Lipinski definition) is 3. The maximum atomic E-state index is 11.8. The topological polar surface area (TPSA) is 110 Å². The van der Waals surface area contributed by atoms with Gasteiger partial charge >= 0.3 is 5.97 Å². The summed E-state index contributed by atoms with van der Waals surface area (Å²) in [6, 6.07) is 7.10. The number of aryl methyl sites for hydroxylation is 1. The molecule has 2 aromatic rings. The minimum absolute atomic E-state index is 0.140. The third-order valence-electron chi connectivity index (χ3n) is 3.57. The van der Waals surface area contributed by atoms with E-state index in [-0.39, 0.29) is 17.5 Å². The number of nitrogens with two attached hydrogens (primary N) is 1. The molecule has 4 N–H and O–H groups in total. The first-order valence-electron chi connectivity index (χ1n) is 7.87. The lowest BCUT2D eigenvalue weighted by Crippen LogP contribution is -2.19. The molecular formula is C17H22N4O3. The number of nitrogens with one attached hydrogen (secondary N) is 2. The maximum absolute atomic E-state index is 11.8. The molecule has 0 atom stereocenters. The van der Waals surface area contributed by atoms with Crippen LogP contribution in [0.25, 0.3) is 0 Å². The predicted molar refractivity (Wildman–Crippen MR) is 93.2 cm³/mol. The Hall–Kier alpha value is -2.83. The normalized spacial score (nSPS) is 10.4. The van der Waals surface area contributed by atoms with Gasteiger partial charge in [-0.05, 0) is 51.0 Å². The molecule has 0 saturated heterocycles. The molecule has 0 fully saturated rings. The molecule has 0 unspecified atom stereocenters. The number of aromatic amines is 1. The van der Waals surface area contributed by atoms with E-state index in [2.05, 4.69) is 15.3 Å². The highest BCUT2D eigenvalue weighted by Gasteiger charge is 2.07. The number of aromatic nitrogens is 2. The van der Waals surface area contributed by atoms with E-state index in [0.29, 0.717) is 36.4 Å². The van der Waals surface area contributed by atoms with Crippen molar-refractivity contribution in [3.05, 3.63) is 51.4 Å². The molecule has 1 heterocycles. The molecule has 0 saturated carbocycles. The standard InChI is InChI=1S/C17H22N4O3/c1-3-24-16(23)12-6-8-13(9-7-12)19-10-4-5-14-11(2)20-17(18)21-15(14)22/h6-9,19H,3-5,10H2,1-2H3,(H3,18,20,21,22). The Balaban J connectivity index is 1.85. The summed E-state index contributed by atoms with van der Waals surface area (Å²) in [5.74, 6) is -0.185. The molecule has 128 valence electrons. The van der Waals surface area contributed by atoms with Gasteiger partial charge in [-0.25, -0.2) is 9.78 Å². The van der Waals surface area contributed by atoms with Gasteiger partial charge in [-0.15, -0.1) is 0 Å². The number of nitrogens with zero attached hydrogens (tertiary/aromatic N) is 1. The van der Waals surface area contributed by atoms with Gasteiger partial charge in [0.2, 0.25) is 5.95 Å². The van der Waals surface area contributed by atoms with E-state index in [9.17, 15) is 9.59 Å². The quantitative estimate of drug-likeness (QED) is 0.528. The first-order chi connectivity index (χ1) is 11.5. The van der Waals surface area contributed by atoms with Crippen LogP contribution < -0.4 is 16.6 Å². The van der Waals surface area contributed by atoms with Crippen molar-refractivity contribution < 1.29 is 9.53 Å². The summed E-state index contributed by atoms with van der Waals surface area (Å²) in [5, 5.41) is 3.25. The summed E-state index contributed by atoms with van der Waals surface area (Å²) >= 11 is 0. The Bertz CT molecular complexity index is 753. The Morgan fingerprint density at radius 3 is 2.67 bits per heavy atom. The zero-order valence-corrected chi connectivity index (χ0v) is 13.9. The molecule has 0 aliphatic heterocycles. The number of carbonyl (C=O) groups excluding carboxylic acids is 1. The minimum atomic E-state index is -0.324. The van der Waals surface area contributed by atoms with Crippen molar-refractivity contribution in [2.45, 2.75) is 26.7 Å². The summed E-state index contributed by atoms with van der Waals surface area (Å²) in [7, 11) is 0. The van der Waals surface area contributed by atoms with Crippen molar-refractivity contribution >= 4 is 17.6 Å². The molecule has 2 rings (SSSR count). The number of nitrogen functional groups attached to an aromatic ring is 1. The molecule has 1 aromatic carbocycles. The van der Waals surface area contributed by atoms with Crippen molar-refractivity contribution in [2.24, 2.45) is 0 Å². The average Bonchev–Trinajstić information content (AvgIpc) is 2.54. The summed E-state index contributed by atoms with van der Waals surface area (Å²) in [4.78, 5) is 30.0. The number of carbonyl (C=O) groups is 1. The summed E-state index contributed by atoms with van der Waals surface area (Å²) in [6.07, 6.45) is 1.39. The van der Waals surface area contributed by atoms with Crippen LogP contribution in [0.1, 0.15) is 35.0 Å². The van der Waals surface area contributed by atoms with E-state index in [1.807, 2.05) is 12.1 Å². The van der Waals surface area contributed by atoms with E-state index in [1.54, 1.807) is 26.0 Å². The summed E-state index contributed by atoms with van der Waals surface area (Å²) in [5.41, 5.74) is 8.07. The second-order valence-electron chi connectivity index (χ2n) is 5.34. The number of esters is 1. The molecule has 0 aliphatic carbocycles. The fraction of sp³-hybridized carbons (Fsp3) is 0.353. The number of hydrogen-bond acceptors (Lipinski definition) is 6. The minimum Gasteiger partial charge on any atom is -0.462 e. The van der Waals surface area contributed by atoms with E-state index < -0.39 is 0 Å². The van der Waals surface area contributed by atoms with Crippen LogP contribution in [0.2, 0.25) is 0 Å². The van der Waals surface area contributed by atoms with Gasteiger partial charge < -0.3 is 15.8 Å². The zero-order chi connectivity index (χ0) is 17.5. The van der Waals surface area contributed by atoms with Crippen LogP contribution in [0.4, 0.5) is 11.6 Å². The van der Waals surface area contributed by atoms with Crippen LogP contribution in [-0.2, 0) is 11.2 Å². The summed E-state index contributed by atoms with van der Waals surface area (Å²) < 4.78 is 4.94. The van der Waals surface area contributed by atoms with E-state index >= 15 is 0 Å². The smallest absolute Gasteiger partial charge is 0.338 e.